The van der Waals surface area contributed by atoms with Crippen molar-refractivity contribution in [3.05, 3.63) is 67.1 Å². The maximum atomic E-state index is 12.5. The van der Waals surface area contributed by atoms with Crippen LogP contribution in [0.15, 0.2) is 50.5 Å². The molecule has 0 bridgehead atoms. The van der Waals surface area contributed by atoms with E-state index < -0.39 is 17.2 Å². The number of benzene rings is 2. The quantitative estimate of drug-likeness (QED) is 0.439. The molecule has 2 heterocycles. The van der Waals surface area contributed by atoms with Gasteiger partial charge < -0.3 is 15.4 Å². The Balaban J connectivity index is 1.72. The van der Waals surface area contributed by atoms with Gasteiger partial charge in [-0.1, -0.05) is 28.1 Å². The van der Waals surface area contributed by atoms with Gasteiger partial charge >= 0.3 is 11.1 Å². The first kappa shape index (κ1) is 17.5. The van der Waals surface area contributed by atoms with Crippen LogP contribution in [-0.2, 0) is 11.2 Å². The van der Waals surface area contributed by atoms with Crippen LogP contribution in [0, 0.1) is 0 Å². The van der Waals surface area contributed by atoms with Gasteiger partial charge in [0.25, 0.3) is 0 Å². The molecule has 0 spiro atoms. The third-order valence-corrected chi connectivity index (χ3v) is 5.22. The highest BCUT2D eigenvalue weighted by Gasteiger charge is 2.26. The van der Waals surface area contributed by atoms with Gasteiger partial charge in [0.1, 0.15) is 5.75 Å². The summed E-state index contributed by atoms with van der Waals surface area (Å²) < 4.78 is 2.26. The second-order valence-electron chi connectivity index (χ2n) is 6.55. The summed E-state index contributed by atoms with van der Waals surface area (Å²) in [5.41, 5.74) is 1.12. The van der Waals surface area contributed by atoms with E-state index >= 15 is 0 Å². The number of nitrogens with one attached hydrogen (secondary N) is 2. The molecule has 1 aliphatic heterocycles. The van der Waals surface area contributed by atoms with Crippen LogP contribution in [0.2, 0.25) is 0 Å². The number of aryl methyl sites for hydroxylation is 1. The van der Waals surface area contributed by atoms with E-state index in [4.69, 9.17) is 0 Å². The molecule has 4 rings (SSSR count). The van der Waals surface area contributed by atoms with E-state index in [9.17, 15) is 19.5 Å². The lowest BCUT2D eigenvalue weighted by molar-refractivity contribution is -0.117. The number of hydrogen-bond acceptors (Lipinski definition) is 4. The minimum atomic E-state index is -0.709. The summed E-state index contributed by atoms with van der Waals surface area (Å²) in [4.78, 5) is 39.7. The molecule has 0 saturated heterocycles. The van der Waals surface area contributed by atoms with Crippen molar-refractivity contribution < 1.29 is 9.90 Å². The summed E-state index contributed by atoms with van der Waals surface area (Å²) in [6.45, 7) is 0. The van der Waals surface area contributed by atoms with Gasteiger partial charge in [-0.15, -0.1) is 0 Å². The lowest BCUT2D eigenvalue weighted by Crippen LogP contribution is -2.41. The smallest absolute Gasteiger partial charge is 0.317 e. The number of H-pyrrole nitrogens is 1. The van der Waals surface area contributed by atoms with Crippen LogP contribution in [0.4, 0.5) is 5.69 Å². The van der Waals surface area contributed by atoms with Gasteiger partial charge in [-0.25, -0.2) is 0 Å². The first-order valence-electron chi connectivity index (χ1n) is 8.49. The Labute approximate surface area is 161 Å². The zero-order valence-corrected chi connectivity index (χ0v) is 15.7. The normalized spacial score (nSPS) is 15.7. The molecule has 138 valence electrons. The van der Waals surface area contributed by atoms with Crippen molar-refractivity contribution in [1.82, 2.24) is 9.55 Å². The average molecular weight is 430 g/mol. The topological polar surface area (TPSA) is 104 Å². The number of phenolic OH excluding ortho intramolecular Hbond substituents is 1. The van der Waals surface area contributed by atoms with Gasteiger partial charge in [0.05, 0.1) is 16.7 Å². The van der Waals surface area contributed by atoms with Crippen molar-refractivity contribution in [2.75, 3.05) is 5.32 Å². The molecule has 0 aliphatic carbocycles. The number of aromatic nitrogens is 2. The fourth-order valence-corrected chi connectivity index (χ4v) is 4.11. The Bertz CT molecular complexity index is 1180. The number of hydrogen-bond donors (Lipinski definition) is 3. The van der Waals surface area contributed by atoms with Gasteiger partial charge in [0.2, 0.25) is 5.91 Å². The minimum Gasteiger partial charge on any atom is -0.506 e. The molecule has 3 aromatic rings. The van der Waals surface area contributed by atoms with Gasteiger partial charge in [-0.3, -0.25) is 19.0 Å². The van der Waals surface area contributed by atoms with E-state index in [0.717, 1.165) is 10.0 Å². The van der Waals surface area contributed by atoms with E-state index in [1.54, 1.807) is 24.3 Å². The number of para-hydroxylation sites is 2. The van der Waals surface area contributed by atoms with E-state index in [-0.39, 0.29) is 18.1 Å². The van der Waals surface area contributed by atoms with Crippen molar-refractivity contribution in [3.8, 4) is 5.75 Å². The molecule has 7 nitrogen and oxygen atoms in total. The van der Waals surface area contributed by atoms with Crippen molar-refractivity contribution in [1.29, 1.82) is 0 Å². The number of anilines is 1. The molecule has 3 N–H and O–H groups in total. The van der Waals surface area contributed by atoms with Crippen LogP contribution in [-0.4, -0.2) is 20.6 Å². The Morgan fingerprint density at radius 3 is 2.85 bits per heavy atom. The van der Waals surface area contributed by atoms with Crippen LogP contribution in [0.5, 0.6) is 5.75 Å². The zero-order valence-electron chi connectivity index (χ0n) is 14.2. The molecular weight excluding hydrogens is 414 g/mol. The van der Waals surface area contributed by atoms with Crippen LogP contribution in [0.25, 0.3) is 11.0 Å². The molecule has 1 aliphatic rings. The second kappa shape index (κ2) is 6.70. The predicted octanol–water partition coefficient (Wildman–Crippen LogP) is 2.67. The highest BCUT2D eigenvalue weighted by molar-refractivity contribution is 9.10. The minimum absolute atomic E-state index is 0.0274. The Morgan fingerprint density at radius 1 is 1.30 bits per heavy atom. The standard InChI is InChI=1S/C19H16BrN3O4/c20-11-7-10-5-6-12(9-16(25)21-13-3-1-2-4-15(13)24)23-17(10)14(8-11)22-18(26)19(23)27/h1-4,7-8,12,24H,5-6,9H2,(H,21,25)(H,22,26). The summed E-state index contributed by atoms with van der Waals surface area (Å²) in [5, 5.41) is 12.5. The van der Waals surface area contributed by atoms with Gasteiger partial charge in [0.15, 0.2) is 0 Å². The molecule has 8 heteroatoms. The number of rotatable bonds is 3. The largest absolute Gasteiger partial charge is 0.506 e. The number of halogens is 1. The molecule has 27 heavy (non-hydrogen) atoms. The van der Waals surface area contributed by atoms with E-state index in [1.807, 2.05) is 6.07 Å². The molecule has 0 fully saturated rings. The predicted molar refractivity (Wildman–Crippen MR) is 105 cm³/mol. The Morgan fingerprint density at radius 2 is 2.07 bits per heavy atom. The van der Waals surface area contributed by atoms with Crippen LogP contribution in [0.3, 0.4) is 0 Å². The number of carbonyl (C=O) groups is 1. The van der Waals surface area contributed by atoms with Gasteiger partial charge in [-0.05, 0) is 42.7 Å². The number of amides is 1. The summed E-state index contributed by atoms with van der Waals surface area (Å²) in [7, 11) is 0. The SMILES string of the molecule is O=C(CC1CCc2cc(Br)cc3[nH]c(=O)c(=O)n1c23)Nc1ccccc1O. The number of aromatic amines is 1. The zero-order chi connectivity index (χ0) is 19.1. The molecule has 1 aromatic heterocycles. The fraction of sp³-hybridized carbons (Fsp3) is 0.211. The molecule has 0 radical (unpaired) electrons. The maximum absolute atomic E-state index is 12.5. The van der Waals surface area contributed by atoms with Crippen molar-refractivity contribution in [2.45, 2.75) is 25.3 Å². The molecule has 1 atom stereocenters. The van der Waals surface area contributed by atoms with E-state index in [2.05, 4.69) is 26.2 Å². The van der Waals surface area contributed by atoms with Crippen molar-refractivity contribution >= 4 is 38.6 Å². The highest BCUT2D eigenvalue weighted by atomic mass is 79.9. The summed E-state index contributed by atoms with van der Waals surface area (Å²) in [5.74, 6) is -0.359. The maximum Gasteiger partial charge on any atom is 0.317 e. The Hall–Kier alpha value is -2.87. The van der Waals surface area contributed by atoms with Gasteiger partial charge in [0, 0.05) is 16.9 Å². The second-order valence-corrected chi connectivity index (χ2v) is 7.47. The number of aromatic hydroxyl groups is 1. The van der Waals surface area contributed by atoms with Crippen molar-refractivity contribution in [3.63, 3.8) is 0 Å². The first-order chi connectivity index (χ1) is 12.9. The van der Waals surface area contributed by atoms with Crippen LogP contribution < -0.4 is 16.4 Å². The third kappa shape index (κ3) is 3.16. The first-order valence-corrected chi connectivity index (χ1v) is 9.28. The van der Waals surface area contributed by atoms with E-state index in [0.29, 0.717) is 29.6 Å². The lowest BCUT2D eigenvalue weighted by Gasteiger charge is -2.27. The molecule has 1 amide bonds. The van der Waals surface area contributed by atoms with E-state index in [1.165, 1.54) is 10.6 Å². The van der Waals surface area contributed by atoms with Crippen LogP contribution >= 0.6 is 15.9 Å². The summed E-state index contributed by atoms with van der Waals surface area (Å²) in [6.07, 6.45) is 1.29. The summed E-state index contributed by atoms with van der Waals surface area (Å²) >= 11 is 3.42. The lowest BCUT2D eigenvalue weighted by atomic mass is 9.96. The fourth-order valence-electron chi connectivity index (χ4n) is 3.60. The highest BCUT2D eigenvalue weighted by Crippen LogP contribution is 2.32. The van der Waals surface area contributed by atoms with Gasteiger partial charge in [-0.2, -0.15) is 0 Å². The third-order valence-electron chi connectivity index (χ3n) is 4.77. The average Bonchev–Trinajstić information content (AvgIpc) is 2.62. The number of nitrogens with zero attached hydrogens (tertiary/aromatic N) is 1. The molecule has 0 saturated carbocycles. The van der Waals surface area contributed by atoms with Crippen molar-refractivity contribution in [2.24, 2.45) is 0 Å². The number of carbonyl (C=O) groups excluding carboxylic acids is 1. The summed E-state index contributed by atoms with van der Waals surface area (Å²) in [6, 6.07) is 9.69. The Kier molecular flexibility index (Phi) is 4.35. The molecular formula is C19H16BrN3O4. The van der Waals surface area contributed by atoms with Crippen LogP contribution in [0.1, 0.15) is 24.4 Å². The molecule has 1 unspecified atom stereocenters. The number of phenols is 1. The molecule has 2 aromatic carbocycles. The monoisotopic (exact) mass is 429 g/mol.